The number of likely N-dealkylation sites (tertiary alicyclic amines) is 1. The zero-order chi connectivity index (χ0) is 17.6. The van der Waals surface area contributed by atoms with Crippen LogP contribution in [0.4, 0.5) is 0 Å². The molecule has 4 heteroatoms. The van der Waals surface area contributed by atoms with Gasteiger partial charge in [-0.05, 0) is 38.4 Å². The molecule has 1 aliphatic rings. The Bertz CT molecular complexity index is 719. The smallest absolute Gasteiger partial charge is 0.292 e. The van der Waals surface area contributed by atoms with Crippen LogP contribution in [0.3, 0.4) is 0 Å². The minimum atomic E-state index is -0.545. The molecular formula is C21H24N2O2. The molecule has 1 unspecified atom stereocenters. The summed E-state index contributed by atoms with van der Waals surface area (Å²) in [5, 5.41) is 2.94. The molecule has 0 radical (unpaired) electrons. The summed E-state index contributed by atoms with van der Waals surface area (Å²) in [6, 6.07) is 16.8. The first-order valence-electron chi connectivity index (χ1n) is 8.82. The molecule has 0 bridgehead atoms. The first-order chi connectivity index (χ1) is 12.1. The van der Waals surface area contributed by atoms with Gasteiger partial charge in [-0.3, -0.25) is 9.59 Å². The molecule has 0 aromatic heterocycles. The van der Waals surface area contributed by atoms with Gasteiger partial charge in [-0.1, -0.05) is 60.2 Å². The van der Waals surface area contributed by atoms with E-state index >= 15 is 0 Å². The first kappa shape index (κ1) is 17.4. The summed E-state index contributed by atoms with van der Waals surface area (Å²) in [5.41, 5.74) is 2.52. The van der Waals surface area contributed by atoms with Gasteiger partial charge in [0.25, 0.3) is 5.91 Å². The number of carbonyl (C=O) groups is 2. The summed E-state index contributed by atoms with van der Waals surface area (Å²) in [6.45, 7) is 4.78. The van der Waals surface area contributed by atoms with Gasteiger partial charge in [-0.15, -0.1) is 0 Å². The number of nitrogens with one attached hydrogen (secondary N) is 1. The van der Waals surface area contributed by atoms with E-state index in [4.69, 9.17) is 0 Å². The van der Waals surface area contributed by atoms with Crippen molar-refractivity contribution in [3.05, 3.63) is 71.3 Å². The summed E-state index contributed by atoms with van der Waals surface area (Å²) < 4.78 is 0. The van der Waals surface area contributed by atoms with Gasteiger partial charge in [0.2, 0.25) is 5.78 Å². The van der Waals surface area contributed by atoms with E-state index in [1.165, 1.54) is 12.8 Å². The lowest BCUT2D eigenvalue weighted by Gasteiger charge is -2.24. The molecule has 3 rings (SSSR count). The SMILES string of the molecule is Cc1ccc(C(=O)C(=O)NC(CN2CCCC2)c2ccccc2)cc1. The van der Waals surface area contributed by atoms with Crippen LogP contribution >= 0.6 is 0 Å². The zero-order valence-corrected chi connectivity index (χ0v) is 14.6. The van der Waals surface area contributed by atoms with E-state index in [1.807, 2.05) is 49.4 Å². The molecule has 4 nitrogen and oxygen atoms in total. The Hall–Kier alpha value is -2.46. The summed E-state index contributed by atoms with van der Waals surface area (Å²) >= 11 is 0. The van der Waals surface area contributed by atoms with Crippen molar-refractivity contribution in [2.24, 2.45) is 0 Å². The maximum atomic E-state index is 12.5. The minimum Gasteiger partial charge on any atom is -0.341 e. The molecule has 1 amide bonds. The highest BCUT2D eigenvalue weighted by molar-refractivity contribution is 6.42. The number of Topliss-reactive ketones (excluding diaryl/α,β-unsaturated/α-hetero) is 1. The van der Waals surface area contributed by atoms with Crippen molar-refractivity contribution in [1.29, 1.82) is 0 Å². The van der Waals surface area contributed by atoms with Crippen molar-refractivity contribution < 1.29 is 9.59 Å². The summed E-state index contributed by atoms with van der Waals surface area (Å²) in [6.07, 6.45) is 2.38. The van der Waals surface area contributed by atoms with Gasteiger partial charge in [-0.2, -0.15) is 0 Å². The van der Waals surface area contributed by atoms with E-state index in [0.717, 1.165) is 30.8 Å². The predicted octanol–water partition coefficient (Wildman–Crippen LogP) is 3.13. The maximum absolute atomic E-state index is 12.5. The second-order valence-electron chi connectivity index (χ2n) is 6.64. The van der Waals surface area contributed by atoms with Gasteiger partial charge < -0.3 is 10.2 Å². The lowest BCUT2D eigenvalue weighted by atomic mass is 10.0. The highest BCUT2D eigenvalue weighted by Gasteiger charge is 2.24. The van der Waals surface area contributed by atoms with Crippen molar-refractivity contribution in [1.82, 2.24) is 10.2 Å². The molecule has 1 heterocycles. The Labute approximate surface area is 148 Å². The van der Waals surface area contributed by atoms with Crippen LogP contribution in [-0.2, 0) is 4.79 Å². The number of aryl methyl sites for hydroxylation is 1. The molecule has 1 saturated heterocycles. The zero-order valence-electron chi connectivity index (χ0n) is 14.6. The Morgan fingerprint density at radius 2 is 1.64 bits per heavy atom. The molecule has 1 fully saturated rings. The first-order valence-corrected chi connectivity index (χ1v) is 8.82. The van der Waals surface area contributed by atoms with E-state index in [9.17, 15) is 9.59 Å². The van der Waals surface area contributed by atoms with Crippen LogP contribution in [0, 0.1) is 6.92 Å². The van der Waals surface area contributed by atoms with Crippen LogP contribution in [-0.4, -0.2) is 36.2 Å². The van der Waals surface area contributed by atoms with Gasteiger partial charge in [0, 0.05) is 12.1 Å². The molecule has 130 valence electrons. The average molecular weight is 336 g/mol. The largest absolute Gasteiger partial charge is 0.341 e. The number of ketones is 1. The monoisotopic (exact) mass is 336 g/mol. The number of benzene rings is 2. The van der Waals surface area contributed by atoms with E-state index in [0.29, 0.717) is 5.56 Å². The fraction of sp³-hybridized carbons (Fsp3) is 0.333. The molecule has 1 N–H and O–H groups in total. The summed E-state index contributed by atoms with van der Waals surface area (Å²) in [5.74, 6) is -1.03. The Kier molecular flexibility index (Phi) is 5.61. The van der Waals surface area contributed by atoms with Gasteiger partial charge >= 0.3 is 0 Å². The number of carbonyl (C=O) groups excluding carboxylic acids is 2. The molecule has 1 aliphatic heterocycles. The third-order valence-corrected chi connectivity index (χ3v) is 4.67. The van der Waals surface area contributed by atoms with Crippen LogP contribution in [0.15, 0.2) is 54.6 Å². The van der Waals surface area contributed by atoms with Gasteiger partial charge in [0.05, 0.1) is 6.04 Å². The molecule has 2 aromatic rings. The normalized spacial score (nSPS) is 15.7. The molecule has 1 atom stereocenters. The third kappa shape index (κ3) is 4.54. The number of rotatable bonds is 6. The van der Waals surface area contributed by atoms with Crippen molar-refractivity contribution in [2.45, 2.75) is 25.8 Å². The van der Waals surface area contributed by atoms with Gasteiger partial charge in [0.15, 0.2) is 0 Å². The second kappa shape index (κ2) is 8.08. The van der Waals surface area contributed by atoms with Crippen LogP contribution in [0.1, 0.15) is 40.4 Å². The number of amides is 1. The van der Waals surface area contributed by atoms with Crippen LogP contribution in [0.25, 0.3) is 0 Å². The molecule has 25 heavy (non-hydrogen) atoms. The van der Waals surface area contributed by atoms with Crippen LogP contribution in [0.2, 0.25) is 0 Å². The molecular weight excluding hydrogens is 312 g/mol. The Balaban J connectivity index is 1.73. The Morgan fingerprint density at radius 1 is 1.00 bits per heavy atom. The van der Waals surface area contributed by atoms with Crippen molar-refractivity contribution in [3.8, 4) is 0 Å². The quantitative estimate of drug-likeness (QED) is 0.651. The molecule has 0 saturated carbocycles. The Morgan fingerprint density at radius 3 is 2.28 bits per heavy atom. The van der Waals surface area contributed by atoms with Gasteiger partial charge in [0.1, 0.15) is 0 Å². The average Bonchev–Trinajstić information content (AvgIpc) is 3.15. The van der Waals surface area contributed by atoms with E-state index in [2.05, 4.69) is 10.2 Å². The number of nitrogens with zero attached hydrogens (tertiary/aromatic N) is 1. The highest BCUT2D eigenvalue weighted by atomic mass is 16.2. The minimum absolute atomic E-state index is 0.179. The predicted molar refractivity (Wildman–Crippen MR) is 98.5 cm³/mol. The maximum Gasteiger partial charge on any atom is 0.292 e. The van der Waals surface area contributed by atoms with E-state index < -0.39 is 11.7 Å². The third-order valence-electron chi connectivity index (χ3n) is 4.67. The highest BCUT2D eigenvalue weighted by Crippen LogP contribution is 2.18. The summed E-state index contributed by atoms with van der Waals surface area (Å²) in [7, 11) is 0. The van der Waals surface area contributed by atoms with Gasteiger partial charge in [-0.25, -0.2) is 0 Å². The van der Waals surface area contributed by atoms with E-state index in [1.54, 1.807) is 12.1 Å². The lowest BCUT2D eigenvalue weighted by molar-refractivity contribution is -0.117. The van der Waals surface area contributed by atoms with Crippen LogP contribution in [0.5, 0.6) is 0 Å². The van der Waals surface area contributed by atoms with Crippen molar-refractivity contribution in [3.63, 3.8) is 0 Å². The fourth-order valence-corrected chi connectivity index (χ4v) is 3.20. The topological polar surface area (TPSA) is 49.4 Å². The number of hydrogen-bond acceptors (Lipinski definition) is 3. The molecule has 2 aromatic carbocycles. The molecule has 0 spiro atoms. The van der Waals surface area contributed by atoms with Crippen molar-refractivity contribution in [2.75, 3.05) is 19.6 Å². The second-order valence-corrected chi connectivity index (χ2v) is 6.64. The fourth-order valence-electron chi connectivity index (χ4n) is 3.20. The van der Waals surface area contributed by atoms with E-state index in [-0.39, 0.29) is 6.04 Å². The standard InChI is InChI=1S/C21H24N2O2/c1-16-9-11-18(12-10-16)20(24)21(25)22-19(15-23-13-5-6-14-23)17-7-3-2-4-8-17/h2-4,7-12,19H,5-6,13-15H2,1H3,(H,22,25). The number of hydrogen-bond donors (Lipinski definition) is 1. The lowest BCUT2D eigenvalue weighted by Crippen LogP contribution is -2.40. The molecule has 0 aliphatic carbocycles. The van der Waals surface area contributed by atoms with Crippen molar-refractivity contribution >= 4 is 11.7 Å². The summed E-state index contributed by atoms with van der Waals surface area (Å²) in [4.78, 5) is 27.3. The van der Waals surface area contributed by atoms with Crippen LogP contribution < -0.4 is 5.32 Å².